The summed E-state index contributed by atoms with van der Waals surface area (Å²) < 4.78 is 5.68. The molecule has 0 unspecified atom stereocenters. The van der Waals surface area contributed by atoms with Gasteiger partial charge in [0.2, 0.25) is 0 Å². The molecule has 0 aromatic heterocycles. The Morgan fingerprint density at radius 2 is 1.81 bits per heavy atom. The number of amides is 2. The predicted molar refractivity (Wildman–Crippen MR) is 104 cm³/mol. The van der Waals surface area contributed by atoms with Gasteiger partial charge in [-0.3, -0.25) is 35.9 Å². The number of carbonyl (C=O) groups excluding carboxylic acids is 2. The van der Waals surface area contributed by atoms with Crippen LogP contribution >= 0.6 is 28.1 Å². The summed E-state index contributed by atoms with van der Waals surface area (Å²) in [5, 5.41) is 13.0. The summed E-state index contributed by atoms with van der Waals surface area (Å²) in [5.41, 5.74) is 4.77. The second-order valence-electron chi connectivity index (χ2n) is 5.02. The van der Waals surface area contributed by atoms with Crippen molar-refractivity contribution in [2.45, 2.75) is 0 Å². The third-order valence-corrected chi connectivity index (χ3v) is 4.07. The lowest BCUT2D eigenvalue weighted by molar-refractivity contribution is -0.384. The summed E-state index contributed by atoms with van der Waals surface area (Å²) in [4.78, 5) is 34.3. The molecule has 2 aromatic rings. The third kappa shape index (κ3) is 5.46. The smallest absolute Gasteiger partial charge is 0.270 e. The highest BCUT2D eigenvalue weighted by molar-refractivity contribution is 9.10. The fourth-order valence-electron chi connectivity index (χ4n) is 1.96. The number of rotatable bonds is 4. The highest BCUT2D eigenvalue weighted by Gasteiger charge is 2.13. The summed E-state index contributed by atoms with van der Waals surface area (Å²) in [6.45, 7) is 0. The zero-order valence-corrected chi connectivity index (χ0v) is 16.2. The number of hydrogen-bond donors (Lipinski definition) is 3. The number of hydrogen-bond acceptors (Lipinski definition) is 6. The van der Waals surface area contributed by atoms with E-state index in [4.69, 9.17) is 17.0 Å². The van der Waals surface area contributed by atoms with Crippen molar-refractivity contribution in [3.05, 3.63) is 68.2 Å². The number of methoxy groups -OCH3 is 1. The molecular weight excluding hydrogens is 440 g/mol. The SMILES string of the molecule is COc1ccc(C(=O)NC(=S)NNC(=O)c2cccc([N+](=O)[O-])c2)cc1Br. The number of carbonyl (C=O) groups is 2. The lowest BCUT2D eigenvalue weighted by atomic mass is 10.2. The first-order valence-electron chi connectivity index (χ1n) is 7.31. The van der Waals surface area contributed by atoms with Crippen LogP contribution in [0, 0.1) is 10.1 Å². The highest BCUT2D eigenvalue weighted by atomic mass is 79.9. The number of nitrogens with zero attached hydrogens (tertiary/aromatic N) is 1. The van der Waals surface area contributed by atoms with Gasteiger partial charge in [-0.05, 0) is 52.4 Å². The van der Waals surface area contributed by atoms with Crippen molar-refractivity contribution in [2.75, 3.05) is 7.11 Å². The van der Waals surface area contributed by atoms with E-state index in [9.17, 15) is 19.7 Å². The van der Waals surface area contributed by atoms with Crippen LogP contribution in [0.4, 0.5) is 5.69 Å². The molecule has 27 heavy (non-hydrogen) atoms. The van der Waals surface area contributed by atoms with Gasteiger partial charge >= 0.3 is 0 Å². The molecule has 0 saturated carbocycles. The van der Waals surface area contributed by atoms with Gasteiger partial charge in [-0.15, -0.1) is 0 Å². The van der Waals surface area contributed by atoms with Gasteiger partial charge in [0, 0.05) is 23.3 Å². The summed E-state index contributed by atoms with van der Waals surface area (Å²) >= 11 is 8.22. The standard InChI is InChI=1S/C16H13BrN4O5S/c1-26-13-6-5-10(8-12(13)17)14(22)18-16(27)20-19-15(23)9-3-2-4-11(7-9)21(24)25/h2-8H,1H3,(H,19,23)(H2,18,20,22,27). The first-order valence-corrected chi connectivity index (χ1v) is 8.51. The van der Waals surface area contributed by atoms with Crippen molar-refractivity contribution in [3.63, 3.8) is 0 Å². The number of hydrazine groups is 1. The van der Waals surface area contributed by atoms with Gasteiger partial charge in [0.25, 0.3) is 17.5 Å². The van der Waals surface area contributed by atoms with Crippen LogP contribution in [0.3, 0.4) is 0 Å². The van der Waals surface area contributed by atoms with Gasteiger partial charge in [0.05, 0.1) is 16.5 Å². The topological polar surface area (TPSA) is 123 Å². The Balaban J connectivity index is 1.93. The lowest BCUT2D eigenvalue weighted by Gasteiger charge is -2.11. The molecule has 3 N–H and O–H groups in total. The molecule has 0 spiro atoms. The minimum absolute atomic E-state index is 0.0601. The number of nitro benzene ring substituents is 1. The quantitative estimate of drug-likeness (QED) is 0.369. The summed E-state index contributed by atoms with van der Waals surface area (Å²) in [6.07, 6.45) is 0. The number of ether oxygens (including phenoxy) is 1. The zero-order valence-electron chi connectivity index (χ0n) is 13.8. The first-order chi connectivity index (χ1) is 12.8. The van der Waals surface area contributed by atoms with E-state index < -0.39 is 16.7 Å². The molecule has 2 amide bonds. The molecule has 140 valence electrons. The number of non-ortho nitro benzene ring substituents is 1. The Morgan fingerprint density at radius 1 is 1.11 bits per heavy atom. The van der Waals surface area contributed by atoms with Gasteiger partial charge in [-0.1, -0.05) is 6.07 Å². The number of benzene rings is 2. The van der Waals surface area contributed by atoms with Crippen LogP contribution in [0.15, 0.2) is 46.9 Å². The van der Waals surface area contributed by atoms with Crippen molar-refractivity contribution >= 4 is 50.8 Å². The summed E-state index contributed by atoms with van der Waals surface area (Å²) in [7, 11) is 1.50. The molecule has 2 rings (SSSR count). The molecular formula is C16H13BrN4O5S. The molecule has 0 aliphatic heterocycles. The Morgan fingerprint density at radius 3 is 2.44 bits per heavy atom. The highest BCUT2D eigenvalue weighted by Crippen LogP contribution is 2.25. The van der Waals surface area contributed by atoms with Crippen molar-refractivity contribution in [3.8, 4) is 5.75 Å². The zero-order chi connectivity index (χ0) is 20.0. The van der Waals surface area contributed by atoms with E-state index in [1.807, 2.05) is 0 Å². The predicted octanol–water partition coefficient (Wildman–Crippen LogP) is 2.32. The number of halogens is 1. The van der Waals surface area contributed by atoms with E-state index in [0.29, 0.717) is 15.8 Å². The minimum Gasteiger partial charge on any atom is -0.496 e. The van der Waals surface area contributed by atoms with Crippen LogP contribution in [-0.4, -0.2) is 29.0 Å². The van der Waals surface area contributed by atoms with Gasteiger partial charge < -0.3 is 4.74 Å². The molecule has 11 heteroatoms. The molecule has 0 aliphatic carbocycles. The monoisotopic (exact) mass is 452 g/mol. The maximum absolute atomic E-state index is 12.2. The number of thiocarbonyl (C=S) groups is 1. The van der Waals surface area contributed by atoms with Crippen molar-refractivity contribution in [2.24, 2.45) is 0 Å². The van der Waals surface area contributed by atoms with E-state index in [1.165, 1.54) is 25.3 Å². The number of nitro groups is 1. The van der Waals surface area contributed by atoms with Crippen LogP contribution in [0.2, 0.25) is 0 Å². The van der Waals surface area contributed by atoms with Crippen LogP contribution in [0.25, 0.3) is 0 Å². The number of nitrogens with one attached hydrogen (secondary N) is 3. The van der Waals surface area contributed by atoms with Crippen molar-refractivity contribution in [1.29, 1.82) is 0 Å². The molecule has 0 heterocycles. The van der Waals surface area contributed by atoms with Gasteiger partial charge in [0.1, 0.15) is 5.75 Å². The summed E-state index contributed by atoms with van der Waals surface area (Å²) in [6, 6.07) is 9.88. The second-order valence-corrected chi connectivity index (χ2v) is 6.28. The molecule has 2 aromatic carbocycles. The van der Waals surface area contributed by atoms with Crippen molar-refractivity contribution < 1.29 is 19.2 Å². The minimum atomic E-state index is -0.650. The fourth-order valence-corrected chi connectivity index (χ4v) is 2.64. The lowest BCUT2D eigenvalue weighted by Crippen LogP contribution is -2.48. The Hall–Kier alpha value is -3.05. The maximum atomic E-state index is 12.2. The van der Waals surface area contributed by atoms with E-state index in [-0.39, 0.29) is 16.4 Å². The molecule has 0 fully saturated rings. The van der Waals surface area contributed by atoms with Crippen LogP contribution < -0.4 is 20.9 Å². The molecule has 0 radical (unpaired) electrons. The van der Waals surface area contributed by atoms with Gasteiger partial charge in [-0.2, -0.15) is 0 Å². The van der Waals surface area contributed by atoms with E-state index in [0.717, 1.165) is 6.07 Å². The van der Waals surface area contributed by atoms with Crippen LogP contribution in [0.1, 0.15) is 20.7 Å². The average molecular weight is 453 g/mol. The van der Waals surface area contributed by atoms with E-state index >= 15 is 0 Å². The molecule has 0 atom stereocenters. The largest absolute Gasteiger partial charge is 0.496 e. The maximum Gasteiger partial charge on any atom is 0.270 e. The van der Waals surface area contributed by atoms with Gasteiger partial charge in [-0.25, -0.2) is 0 Å². The van der Waals surface area contributed by atoms with Crippen molar-refractivity contribution in [1.82, 2.24) is 16.2 Å². The Bertz CT molecular complexity index is 921. The first kappa shape index (κ1) is 20.3. The molecule has 9 nitrogen and oxygen atoms in total. The molecule has 0 bridgehead atoms. The average Bonchev–Trinajstić information content (AvgIpc) is 2.66. The normalized spacial score (nSPS) is 9.85. The van der Waals surface area contributed by atoms with Crippen LogP contribution in [-0.2, 0) is 0 Å². The summed E-state index contributed by atoms with van der Waals surface area (Å²) in [5.74, 6) is -0.584. The fraction of sp³-hybridized carbons (Fsp3) is 0.0625. The Labute approximate surface area is 167 Å². The van der Waals surface area contributed by atoms with Gasteiger partial charge in [0.15, 0.2) is 5.11 Å². The van der Waals surface area contributed by atoms with E-state index in [1.54, 1.807) is 18.2 Å². The molecule has 0 saturated heterocycles. The molecule has 0 aliphatic rings. The Kier molecular flexibility index (Phi) is 6.79. The van der Waals surface area contributed by atoms with E-state index in [2.05, 4.69) is 32.1 Å². The second kappa shape index (κ2) is 9.05. The van der Waals surface area contributed by atoms with Crippen LogP contribution in [0.5, 0.6) is 5.75 Å². The third-order valence-electron chi connectivity index (χ3n) is 3.25.